The topological polar surface area (TPSA) is 39.1 Å². The van der Waals surface area contributed by atoms with Crippen LogP contribution in [0.1, 0.15) is 18.4 Å². The molecule has 1 heterocycles. The Morgan fingerprint density at radius 1 is 1.03 bits per heavy atom. The molecule has 4 rings (SSSR count). The van der Waals surface area contributed by atoms with Gasteiger partial charge in [-0.25, -0.2) is 12.4 Å². The highest BCUT2D eigenvalue weighted by atomic mass is 79.9. The van der Waals surface area contributed by atoms with E-state index in [0.29, 0.717) is 32.2 Å². The summed E-state index contributed by atoms with van der Waals surface area (Å²) in [6, 6.07) is 17.8. The first-order chi connectivity index (χ1) is 14.3. The number of hydrogen-bond donors (Lipinski definition) is 0. The molecule has 2 aromatic carbocycles. The van der Waals surface area contributed by atoms with Gasteiger partial charge in [0.15, 0.2) is 0 Å². The van der Waals surface area contributed by atoms with E-state index in [1.54, 1.807) is 61.5 Å². The second kappa shape index (κ2) is 7.98. The second-order valence-electron chi connectivity index (χ2n) is 7.09. The summed E-state index contributed by atoms with van der Waals surface area (Å²) in [4.78, 5) is 0.307. The number of hydrogen-bond acceptors (Lipinski definition) is 3. The molecule has 0 saturated heterocycles. The molecule has 2 unspecified atom stereocenters. The normalized spacial score (nSPS) is 22.2. The third-order valence-corrected chi connectivity index (χ3v) is 9.96. The van der Waals surface area contributed by atoms with Crippen molar-refractivity contribution in [1.82, 2.24) is 3.97 Å². The van der Waals surface area contributed by atoms with Crippen molar-refractivity contribution >= 4 is 48.6 Å². The van der Waals surface area contributed by atoms with Gasteiger partial charge in [-0.15, -0.1) is 0 Å². The standard InChI is InChI=1S/C22H18BrF2NO2S2/c1-22(30(27,28)26-14-13-15-7-5-6-10-17(15)26)19(23)12-11-18(29-21(24)25)20(22)16-8-3-2-4-9-16/h2-14,20-21H,1H3. The zero-order valence-corrected chi connectivity index (χ0v) is 19.1. The highest BCUT2D eigenvalue weighted by Crippen LogP contribution is 2.53. The number of alkyl halides is 2. The van der Waals surface area contributed by atoms with Crippen molar-refractivity contribution < 1.29 is 17.2 Å². The third-order valence-electron chi connectivity index (χ3n) is 5.42. The number of para-hydroxylation sites is 1. The molecular formula is C22H18BrF2NO2S2. The quantitative estimate of drug-likeness (QED) is 0.394. The molecule has 1 aliphatic carbocycles. The van der Waals surface area contributed by atoms with E-state index in [1.165, 1.54) is 10.2 Å². The van der Waals surface area contributed by atoms with Gasteiger partial charge >= 0.3 is 0 Å². The number of halogens is 3. The van der Waals surface area contributed by atoms with Gasteiger partial charge < -0.3 is 0 Å². The van der Waals surface area contributed by atoms with Gasteiger partial charge in [0.05, 0.1) is 5.52 Å². The number of fused-ring (bicyclic) bond motifs is 1. The van der Waals surface area contributed by atoms with Crippen LogP contribution in [-0.4, -0.2) is 22.9 Å². The lowest BCUT2D eigenvalue weighted by molar-refractivity contribution is 0.252. The smallest absolute Gasteiger partial charge is 0.244 e. The highest BCUT2D eigenvalue weighted by Gasteiger charge is 2.53. The molecule has 0 bridgehead atoms. The molecular weight excluding hydrogens is 492 g/mol. The molecule has 0 fully saturated rings. The lowest BCUT2D eigenvalue weighted by Gasteiger charge is -2.40. The van der Waals surface area contributed by atoms with Gasteiger partial charge in [0.1, 0.15) is 4.75 Å². The molecule has 0 N–H and O–H groups in total. The van der Waals surface area contributed by atoms with E-state index < -0.39 is 26.4 Å². The minimum absolute atomic E-state index is 0.307. The SMILES string of the molecule is CC1(S(=O)(=O)n2ccc3ccccc32)C(Br)=CC=C(SC(F)F)C1c1ccccc1. The lowest BCUT2D eigenvalue weighted by Crippen LogP contribution is -2.46. The van der Waals surface area contributed by atoms with Crippen molar-refractivity contribution in [2.24, 2.45) is 0 Å². The number of nitrogens with zero attached hydrogens (tertiary/aromatic N) is 1. The second-order valence-corrected chi connectivity index (χ2v) is 11.2. The van der Waals surface area contributed by atoms with Crippen LogP contribution in [0.2, 0.25) is 0 Å². The molecule has 0 amide bonds. The molecule has 0 saturated carbocycles. The van der Waals surface area contributed by atoms with E-state index in [1.807, 2.05) is 18.2 Å². The van der Waals surface area contributed by atoms with Crippen molar-refractivity contribution in [3.05, 3.63) is 94.0 Å². The van der Waals surface area contributed by atoms with E-state index in [0.717, 1.165) is 5.39 Å². The Labute approximate surface area is 186 Å². The molecule has 30 heavy (non-hydrogen) atoms. The fourth-order valence-electron chi connectivity index (χ4n) is 3.91. The van der Waals surface area contributed by atoms with Gasteiger partial charge in [0, 0.05) is 22.0 Å². The molecule has 0 aliphatic heterocycles. The summed E-state index contributed by atoms with van der Waals surface area (Å²) in [7, 11) is -4.06. The summed E-state index contributed by atoms with van der Waals surface area (Å²) in [5, 5.41) is 0.787. The summed E-state index contributed by atoms with van der Waals surface area (Å²) in [5.74, 6) is -3.46. The average molecular weight is 510 g/mol. The predicted molar refractivity (Wildman–Crippen MR) is 123 cm³/mol. The van der Waals surface area contributed by atoms with Crippen molar-refractivity contribution in [2.45, 2.75) is 23.3 Å². The predicted octanol–water partition coefficient (Wildman–Crippen LogP) is 6.49. The minimum Gasteiger partial charge on any atom is -0.244 e. The van der Waals surface area contributed by atoms with Gasteiger partial charge in [0.2, 0.25) is 10.0 Å². The van der Waals surface area contributed by atoms with Crippen LogP contribution < -0.4 is 0 Å². The summed E-state index contributed by atoms with van der Waals surface area (Å²) in [6.07, 6.45) is 4.66. The molecule has 1 aromatic heterocycles. The van der Waals surface area contributed by atoms with Crippen molar-refractivity contribution in [1.29, 1.82) is 0 Å². The maximum atomic E-state index is 14.1. The van der Waals surface area contributed by atoms with Crippen molar-refractivity contribution in [3.8, 4) is 0 Å². The van der Waals surface area contributed by atoms with E-state index in [9.17, 15) is 17.2 Å². The van der Waals surface area contributed by atoms with E-state index in [-0.39, 0.29) is 0 Å². The number of allylic oxidation sites excluding steroid dienone is 3. The minimum atomic E-state index is -4.06. The maximum Gasteiger partial charge on any atom is 0.288 e. The zero-order valence-electron chi connectivity index (χ0n) is 15.9. The molecule has 0 radical (unpaired) electrons. The first-order valence-corrected chi connectivity index (χ1v) is 12.3. The van der Waals surface area contributed by atoms with Crippen LogP contribution in [0.5, 0.6) is 0 Å². The van der Waals surface area contributed by atoms with Gasteiger partial charge in [-0.2, -0.15) is 8.78 Å². The Bertz CT molecular complexity index is 1250. The molecule has 3 nitrogen and oxygen atoms in total. The van der Waals surface area contributed by atoms with Crippen molar-refractivity contribution in [2.75, 3.05) is 0 Å². The Hall–Kier alpha value is -1.90. The largest absolute Gasteiger partial charge is 0.288 e. The van der Waals surface area contributed by atoms with Crippen LogP contribution in [-0.2, 0) is 10.0 Å². The van der Waals surface area contributed by atoms with Gasteiger partial charge in [-0.1, -0.05) is 82.3 Å². The van der Waals surface area contributed by atoms with E-state index >= 15 is 0 Å². The maximum absolute atomic E-state index is 14.1. The Balaban J connectivity index is 1.97. The molecule has 2 atom stereocenters. The van der Waals surface area contributed by atoms with Crippen LogP contribution in [0.15, 0.2) is 88.4 Å². The summed E-state index contributed by atoms with van der Waals surface area (Å²) < 4.78 is 55.0. The molecule has 1 aliphatic rings. The first-order valence-electron chi connectivity index (χ1n) is 9.15. The van der Waals surface area contributed by atoms with Gasteiger partial charge in [0.25, 0.3) is 5.76 Å². The summed E-state index contributed by atoms with van der Waals surface area (Å²) >= 11 is 3.84. The summed E-state index contributed by atoms with van der Waals surface area (Å²) in [5.41, 5.74) is 1.20. The number of thioether (sulfide) groups is 1. The van der Waals surface area contributed by atoms with Gasteiger partial charge in [-0.3, -0.25) is 0 Å². The highest BCUT2D eigenvalue weighted by molar-refractivity contribution is 9.12. The molecule has 156 valence electrons. The molecule has 8 heteroatoms. The van der Waals surface area contributed by atoms with Crippen LogP contribution in [0.3, 0.4) is 0 Å². The number of aromatic nitrogens is 1. The van der Waals surface area contributed by atoms with E-state index in [2.05, 4.69) is 15.9 Å². The van der Waals surface area contributed by atoms with Crippen LogP contribution >= 0.6 is 27.7 Å². The zero-order chi connectivity index (χ0) is 21.5. The fraction of sp³-hybridized carbons (Fsp3) is 0.182. The van der Waals surface area contributed by atoms with Crippen LogP contribution in [0.25, 0.3) is 10.9 Å². The van der Waals surface area contributed by atoms with Gasteiger partial charge in [-0.05, 0) is 35.6 Å². The summed E-state index contributed by atoms with van der Waals surface area (Å²) in [6.45, 7) is 1.59. The molecule has 0 spiro atoms. The number of benzene rings is 2. The third kappa shape index (κ3) is 3.35. The van der Waals surface area contributed by atoms with Crippen LogP contribution in [0, 0.1) is 0 Å². The Morgan fingerprint density at radius 2 is 1.70 bits per heavy atom. The monoisotopic (exact) mass is 509 g/mol. The first kappa shape index (κ1) is 21.3. The molecule has 3 aromatic rings. The van der Waals surface area contributed by atoms with E-state index in [4.69, 9.17) is 0 Å². The Morgan fingerprint density at radius 3 is 2.40 bits per heavy atom. The lowest BCUT2D eigenvalue weighted by atomic mass is 9.83. The van der Waals surface area contributed by atoms with Crippen LogP contribution in [0.4, 0.5) is 8.78 Å². The van der Waals surface area contributed by atoms with Crippen molar-refractivity contribution in [3.63, 3.8) is 0 Å². The Kier molecular flexibility index (Phi) is 5.67. The fourth-order valence-corrected chi connectivity index (χ4v) is 7.75. The number of rotatable bonds is 5. The average Bonchev–Trinajstić information content (AvgIpc) is 3.16.